The predicted molar refractivity (Wildman–Crippen MR) is 255 cm³/mol. The minimum atomic E-state index is -0.714. The molecule has 6 aromatic carbocycles. The Morgan fingerprint density at radius 3 is 0.617 bits per heavy atom. The number of rotatable bonds is 8. The van der Waals surface area contributed by atoms with Crippen LogP contribution in [0.2, 0.25) is 0 Å². The maximum atomic E-state index is 11.7. The van der Waals surface area contributed by atoms with E-state index in [1.807, 2.05) is 0 Å². The van der Waals surface area contributed by atoms with Crippen LogP contribution >= 0.6 is 0 Å². The van der Waals surface area contributed by atoms with E-state index in [0.717, 1.165) is 45.3 Å². The summed E-state index contributed by atoms with van der Waals surface area (Å²) in [6, 6.07) is 52.1. The van der Waals surface area contributed by atoms with E-state index in [1.54, 1.807) is 0 Å². The Morgan fingerprint density at radius 2 is 0.450 bits per heavy atom. The number of aliphatic hydroxyl groups excluding tert-OH is 2. The van der Waals surface area contributed by atoms with Gasteiger partial charge in [-0.2, -0.15) is 0 Å². The molecule has 0 amide bonds. The normalized spacial score (nSPS) is 18.5. The molecule has 0 unspecified atom stereocenters. The maximum Gasteiger partial charge on any atom is 0.0727 e. The third-order valence-corrected chi connectivity index (χ3v) is 12.5. The highest BCUT2D eigenvalue weighted by Crippen LogP contribution is 2.49. The fourth-order valence-electron chi connectivity index (χ4n) is 8.52. The summed E-state index contributed by atoms with van der Waals surface area (Å²) in [7, 11) is 0. The summed E-state index contributed by atoms with van der Waals surface area (Å²) in [5.41, 5.74) is 13.6. The quantitative estimate of drug-likeness (QED) is 0.161. The molecule has 4 heteroatoms. The minimum absolute atomic E-state index is 0.0574. The van der Waals surface area contributed by atoms with E-state index in [9.17, 15) is 10.2 Å². The predicted octanol–water partition coefficient (Wildman–Crippen LogP) is 14.4. The first kappa shape index (κ1) is 42.9. The van der Waals surface area contributed by atoms with Crippen LogP contribution in [0.3, 0.4) is 0 Å². The van der Waals surface area contributed by atoms with Crippen molar-refractivity contribution in [2.75, 3.05) is 9.80 Å². The minimum Gasteiger partial charge on any atom is -0.392 e. The third kappa shape index (κ3) is 8.83. The molecule has 1 aliphatic rings. The molecule has 0 aliphatic heterocycles. The lowest BCUT2D eigenvalue weighted by molar-refractivity contribution is -0.0785. The Labute approximate surface area is 360 Å². The molecule has 1 aliphatic carbocycles. The zero-order valence-corrected chi connectivity index (χ0v) is 38.0. The monoisotopic (exact) mass is 799 g/mol. The first-order valence-corrected chi connectivity index (χ1v) is 21.7. The molecule has 0 spiro atoms. The van der Waals surface area contributed by atoms with Crippen LogP contribution in [0, 0.1) is 0 Å². The van der Waals surface area contributed by atoms with Gasteiger partial charge in [0.15, 0.2) is 0 Å². The van der Waals surface area contributed by atoms with Crippen LogP contribution in [0.1, 0.15) is 128 Å². The molecule has 0 heterocycles. The highest BCUT2D eigenvalue weighted by Gasteiger charge is 2.50. The molecule has 0 aromatic heterocycles. The van der Waals surface area contributed by atoms with Gasteiger partial charge in [-0.25, -0.2) is 0 Å². The fourth-order valence-corrected chi connectivity index (χ4v) is 8.52. The van der Waals surface area contributed by atoms with E-state index in [0.29, 0.717) is 0 Å². The molecular formula is C56H66N2O2. The van der Waals surface area contributed by atoms with Crippen LogP contribution in [0.4, 0.5) is 34.1 Å². The van der Waals surface area contributed by atoms with Gasteiger partial charge >= 0.3 is 0 Å². The van der Waals surface area contributed by atoms with Gasteiger partial charge in [-0.05, 0) is 128 Å². The fraction of sp³-hybridized carbons (Fsp3) is 0.357. The highest BCUT2D eigenvalue weighted by molar-refractivity contribution is 5.78. The lowest BCUT2D eigenvalue weighted by Crippen LogP contribution is -2.51. The molecule has 60 heavy (non-hydrogen) atoms. The van der Waals surface area contributed by atoms with E-state index in [-0.39, 0.29) is 33.5 Å². The summed E-state index contributed by atoms with van der Waals surface area (Å²) in [6.07, 6.45) is -1.43. The molecule has 0 atom stereocenters. The number of aliphatic hydroxyl groups is 2. The van der Waals surface area contributed by atoms with Gasteiger partial charge in [0.25, 0.3) is 0 Å². The summed E-state index contributed by atoms with van der Waals surface area (Å²) in [5.74, 6) is -0.762. The number of hydrogen-bond acceptors (Lipinski definition) is 4. The van der Waals surface area contributed by atoms with Crippen molar-refractivity contribution in [2.24, 2.45) is 0 Å². The first-order valence-electron chi connectivity index (χ1n) is 21.7. The molecule has 4 nitrogen and oxygen atoms in total. The lowest BCUT2D eigenvalue weighted by atomic mass is 9.63. The van der Waals surface area contributed by atoms with Crippen LogP contribution in [-0.2, 0) is 21.7 Å². The summed E-state index contributed by atoms with van der Waals surface area (Å²) >= 11 is 0. The third-order valence-electron chi connectivity index (χ3n) is 12.5. The van der Waals surface area contributed by atoms with Gasteiger partial charge < -0.3 is 20.0 Å². The van der Waals surface area contributed by atoms with Crippen molar-refractivity contribution in [1.82, 2.24) is 0 Å². The van der Waals surface area contributed by atoms with Crippen molar-refractivity contribution < 1.29 is 10.2 Å². The van der Waals surface area contributed by atoms with Gasteiger partial charge in [-0.1, -0.05) is 156 Å². The van der Waals surface area contributed by atoms with Crippen LogP contribution in [0.25, 0.3) is 0 Å². The average molecular weight is 799 g/mol. The number of nitrogens with zero attached hydrogens (tertiary/aromatic N) is 2. The molecule has 2 N–H and O–H groups in total. The van der Waals surface area contributed by atoms with Gasteiger partial charge in [0.05, 0.1) is 12.2 Å². The largest absolute Gasteiger partial charge is 0.392 e. The van der Waals surface area contributed by atoms with Gasteiger partial charge in [0.1, 0.15) is 0 Å². The van der Waals surface area contributed by atoms with Crippen LogP contribution < -0.4 is 9.80 Å². The van der Waals surface area contributed by atoms with Crippen molar-refractivity contribution in [3.63, 3.8) is 0 Å². The van der Waals surface area contributed by atoms with Crippen molar-refractivity contribution in [2.45, 2.75) is 129 Å². The lowest BCUT2D eigenvalue weighted by Gasteiger charge is -2.47. The smallest absolute Gasteiger partial charge is 0.0727 e. The second-order valence-electron chi connectivity index (χ2n) is 21.1. The van der Waals surface area contributed by atoms with Crippen molar-refractivity contribution >= 4 is 34.1 Å². The molecule has 0 bridgehead atoms. The zero-order valence-electron chi connectivity index (χ0n) is 38.0. The Bertz CT molecular complexity index is 2050. The van der Waals surface area contributed by atoms with E-state index >= 15 is 0 Å². The van der Waals surface area contributed by atoms with Gasteiger partial charge in [-0.15, -0.1) is 0 Å². The Kier molecular flexibility index (Phi) is 11.5. The molecule has 1 fully saturated rings. The Hall–Kier alpha value is -5.16. The molecule has 0 saturated heterocycles. The summed E-state index contributed by atoms with van der Waals surface area (Å²) < 4.78 is 0. The summed E-state index contributed by atoms with van der Waals surface area (Å²) in [6.45, 7) is 26.9. The average Bonchev–Trinajstić information content (AvgIpc) is 3.19. The van der Waals surface area contributed by atoms with Gasteiger partial charge in [0.2, 0.25) is 0 Å². The highest BCUT2D eigenvalue weighted by atomic mass is 16.3. The van der Waals surface area contributed by atoms with E-state index < -0.39 is 12.2 Å². The van der Waals surface area contributed by atoms with Crippen molar-refractivity contribution in [3.8, 4) is 0 Å². The number of benzene rings is 6. The summed E-state index contributed by atoms with van der Waals surface area (Å²) in [5, 5.41) is 23.4. The van der Waals surface area contributed by atoms with E-state index in [4.69, 9.17) is 0 Å². The van der Waals surface area contributed by atoms with Crippen molar-refractivity contribution in [1.29, 1.82) is 0 Å². The van der Waals surface area contributed by atoms with Gasteiger partial charge in [-0.3, -0.25) is 0 Å². The van der Waals surface area contributed by atoms with Crippen LogP contribution in [0.15, 0.2) is 146 Å². The first-order chi connectivity index (χ1) is 28.1. The second kappa shape index (κ2) is 16.0. The second-order valence-corrected chi connectivity index (χ2v) is 21.1. The topological polar surface area (TPSA) is 46.9 Å². The molecular weight excluding hydrogens is 733 g/mol. The molecule has 312 valence electrons. The van der Waals surface area contributed by atoms with Crippen LogP contribution in [-0.4, -0.2) is 22.4 Å². The molecule has 1 saturated carbocycles. The number of anilines is 6. The van der Waals surface area contributed by atoms with E-state index in [2.05, 4.69) is 238 Å². The SMILES string of the molecule is CC(C)(C)c1ccc(N(c2ccc(C3C(O)C(c4ccc(N(c5ccc(C(C)(C)C)cc5)c5ccc(C(C)(C)C)cc5)cc4)C3O)cc2)c2ccc(C(C)(C)C)cc2)cc1. The Morgan fingerprint density at radius 1 is 0.283 bits per heavy atom. The standard InChI is InChI=1S/C56H66N2O2/c1-53(2,3)39-17-29-45(30-18-39)57(46-31-19-40(20-32-46)54(4,5)6)43-25-13-37(14-26-43)49-51(59)50(52(49)60)38-15-27-44(28-16-38)58(47-33-21-41(22-34-47)55(7,8)9)48-35-23-42(24-36-48)56(10,11)12/h13-36,49-52,59-60H,1-12H3. The molecule has 6 aromatic rings. The summed E-state index contributed by atoms with van der Waals surface area (Å²) in [4.78, 5) is 4.56. The van der Waals surface area contributed by atoms with E-state index in [1.165, 1.54) is 22.3 Å². The van der Waals surface area contributed by atoms with Crippen LogP contribution in [0.5, 0.6) is 0 Å². The zero-order chi connectivity index (χ0) is 43.4. The van der Waals surface area contributed by atoms with Crippen molar-refractivity contribution in [3.05, 3.63) is 179 Å². The molecule has 0 radical (unpaired) electrons. The maximum absolute atomic E-state index is 11.7. The number of hydrogen-bond donors (Lipinski definition) is 2. The Balaban J connectivity index is 1.13. The van der Waals surface area contributed by atoms with Gasteiger partial charge in [0, 0.05) is 46.0 Å². The molecule has 7 rings (SSSR count).